The van der Waals surface area contributed by atoms with E-state index in [2.05, 4.69) is 19.2 Å². The van der Waals surface area contributed by atoms with E-state index in [0.29, 0.717) is 18.0 Å². The van der Waals surface area contributed by atoms with Crippen molar-refractivity contribution in [3.8, 4) is 5.75 Å². The minimum absolute atomic E-state index is 0.0775. The highest BCUT2D eigenvalue weighted by atomic mass is 16.5. The van der Waals surface area contributed by atoms with Crippen molar-refractivity contribution in [2.45, 2.75) is 33.6 Å². The molecule has 2 amide bonds. The molecule has 0 atom stereocenters. The van der Waals surface area contributed by atoms with Crippen LogP contribution in [0.2, 0.25) is 0 Å². The summed E-state index contributed by atoms with van der Waals surface area (Å²) >= 11 is 0. The Kier molecular flexibility index (Phi) is 6.78. The van der Waals surface area contributed by atoms with Crippen LogP contribution in [-0.2, 0) is 9.59 Å². The van der Waals surface area contributed by atoms with Crippen molar-refractivity contribution in [2.24, 2.45) is 0 Å². The summed E-state index contributed by atoms with van der Waals surface area (Å²) in [6.07, 6.45) is 0. The lowest BCUT2D eigenvalue weighted by Gasteiger charge is -2.23. The van der Waals surface area contributed by atoms with Gasteiger partial charge in [0.1, 0.15) is 12.3 Å². The number of hydrogen-bond acceptors (Lipinski definition) is 3. The fourth-order valence-corrected chi connectivity index (χ4v) is 2.77. The number of benzene rings is 2. The lowest BCUT2D eigenvalue weighted by atomic mass is 10.0. The van der Waals surface area contributed by atoms with Gasteiger partial charge in [-0.1, -0.05) is 44.2 Å². The van der Waals surface area contributed by atoms with E-state index in [0.717, 1.165) is 11.3 Å². The standard InChI is InChI=1S/C21H26N2O3/c1-5-26-20-13-9-8-12-19(20)23(16(4)24)14-21(25)22-18-11-7-6-10-17(18)15(2)3/h6-13,15H,5,14H2,1-4H3,(H,22,25). The van der Waals surface area contributed by atoms with Crippen molar-refractivity contribution in [3.05, 3.63) is 54.1 Å². The van der Waals surface area contributed by atoms with Crippen molar-refractivity contribution in [1.29, 1.82) is 0 Å². The molecule has 0 fully saturated rings. The van der Waals surface area contributed by atoms with Crippen molar-refractivity contribution >= 4 is 23.2 Å². The molecule has 2 aromatic carbocycles. The first-order valence-electron chi connectivity index (χ1n) is 8.82. The van der Waals surface area contributed by atoms with Gasteiger partial charge in [0.05, 0.1) is 12.3 Å². The molecule has 2 aromatic rings. The van der Waals surface area contributed by atoms with E-state index in [9.17, 15) is 9.59 Å². The highest BCUT2D eigenvalue weighted by Gasteiger charge is 2.20. The molecule has 0 radical (unpaired) electrons. The number of anilines is 2. The molecule has 0 aliphatic carbocycles. The van der Waals surface area contributed by atoms with E-state index in [1.165, 1.54) is 11.8 Å². The number of amides is 2. The van der Waals surface area contributed by atoms with Gasteiger partial charge in [0.25, 0.3) is 0 Å². The Labute approximate surface area is 155 Å². The maximum Gasteiger partial charge on any atom is 0.244 e. The van der Waals surface area contributed by atoms with Gasteiger partial charge in [-0.3, -0.25) is 14.5 Å². The van der Waals surface area contributed by atoms with Gasteiger partial charge < -0.3 is 10.1 Å². The molecule has 0 aliphatic heterocycles. The second-order valence-corrected chi connectivity index (χ2v) is 6.30. The van der Waals surface area contributed by atoms with Crippen LogP contribution in [0.25, 0.3) is 0 Å². The van der Waals surface area contributed by atoms with Crippen molar-refractivity contribution < 1.29 is 14.3 Å². The van der Waals surface area contributed by atoms with Crippen LogP contribution < -0.4 is 15.0 Å². The van der Waals surface area contributed by atoms with Gasteiger partial charge in [0.2, 0.25) is 11.8 Å². The number of ether oxygens (including phenoxy) is 1. The molecule has 0 spiro atoms. The predicted octanol–water partition coefficient (Wildman–Crippen LogP) is 4.20. The number of para-hydroxylation sites is 3. The summed E-state index contributed by atoms with van der Waals surface area (Å²) in [6.45, 7) is 7.88. The van der Waals surface area contributed by atoms with E-state index in [1.54, 1.807) is 12.1 Å². The molecule has 0 bridgehead atoms. The topological polar surface area (TPSA) is 58.6 Å². The van der Waals surface area contributed by atoms with Gasteiger partial charge in [-0.25, -0.2) is 0 Å². The molecule has 0 unspecified atom stereocenters. The first-order valence-corrected chi connectivity index (χ1v) is 8.82. The van der Waals surface area contributed by atoms with Crippen LogP contribution in [0.1, 0.15) is 39.2 Å². The number of rotatable bonds is 7. The van der Waals surface area contributed by atoms with Gasteiger partial charge >= 0.3 is 0 Å². The Balaban J connectivity index is 2.21. The second kappa shape index (κ2) is 9.04. The van der Waals surface area contributed by atoms with Gasteiger partial charge in [-0.05, 0) is 36.6 Å². The van der Waals surface area contributed by atoms with Gasteiger partial charge in [-0.2, -0.15) is 0 Å². The predicted molar refractivity (Wildman–Crippen MR) is 105 cm³/mol. The zero-order valence-electron chi connectivity index (χ0n) is 15.8. The van der Waals surface area contributed by atoms with Crippen LogP contribution in [0.3, 0.4) is 0 Å². The van der Waals surface area contributed by atoms with Crippen molar-refractivity contribution in [3.63, 3.8) is 0 Å². The van der Waals surface area contributed by atoms with Gasteiger partial charge in [-0.15, -0.1) is 0 Å². The molecule has 26 heavy (non-hydrogen) atoms. The summed E-state index contributed by atoms with van der Waals surface area (Å²) < 4.78 is 5.59. The zero-order chi connectivity index (χ0) is 19.1. The third-order valence-electron chi connectivity index (χ3n) is 3.99. The van der Waals surface area contributed by atoms with Crippen LogP contribution in [0, 0.1) is 0 Å². The van der Waals surface area contributed by atoms with Crippen LogP contribution >= 0.6 is 0 Å². The van der Waals surface area contributed by atoms with E-state index >= 15 is 0 Å². The average Bonchev–Trinajstić information content (AvgIpc) is 2.61. The summed E-state index contributed by atoms with van der Waals surface area (Å²) in [5, 5.41) is 2.92. The summed E-state index contributed by atoms with van der Waals surface area (Å²) in [4.78, 5) is 26.2. The minimum atomic E-state index is -0.250. The number of carbonyl (C=O) groups excluding carboxylic acids is 2. The summed E-state index contributed by atoms with van der Waals surface area (Å²) in [5.74, 6) is 0.402. The fourth-order valence-electron chi connectivity index (χ4n) is 2.77. The highest BCUT2D eigenvalue weighted by Crippen LogP contribution is 2.28. The van der Waals surface area contributed by atoms with Crippen molar-refractivity contribution in [2.75, 3.05) is 23.4 Å². The molecule has 0 saturated carbocycles. The summed E-state index contributed by atoms with van der Waals surface area (Å²) in [6, 6.07) is 14.9. The molecule has 5 heteroatoms. The molecule has 5 nitrogen and oxygen atoms in total. The Morgan fingerprint density at radius 2 is 1.73 bits per heavy atom. The van der Waals surface area contributed by atoms with E-state index in [4.69, 9.17) is 4.74 Å². The van der Waals surface area contributed by atoms with E-state index < -0.39 is 0 Å². The largest absolute Gasteiger partial charge is 0.492 e. The Morgan fingerprint density at radius 1 is 1.08 bits per heavy atom. The first-order chi connectivity index (χ1) is 12.4. The molecule has 0 saturated heterocycles. The number of nitrogens with one attached hydrogen (secondary N) is 1. The van der Waals surface area contributed by atoms with E-state index in [-0.39, 0.29) is 24.3 Å². The average molecular weight is 354 g/mol. The molecule has 138 valence electrons. The fraction of sp³-hybridized carbons (Fsp3) is 0.333. The van der Waals surface area contributed by atoms with Gasteiger partial charge in [0, 0.05) is 12.6 Å². The Morgan fingerprint density at radius 3 is 2.38 bits per heavy atom. The summed E-state index contributed by atoms with van der Waals surface area (Å²) in [7, 11) is 0. The Hall–Kier alpha value is -2.82. The quantitative estimate of drug-likeness (QED) is 0.811. The number of hydrogen-bond donors (Lipinski definition) is 1. The third-order valence-corrected chi connectivity index (χ3v) is 3.99. The lowest BCUT2D eigenvalue weighted by Crippen LogP contribution is -2.37. The molecular formula is C21H26N2O3. The second-order valence-electron chi connectivity index (χ2n) is 6.30. The lowest BCUT2D eigenvalue weighted by molar-refractivity contribution is -0.120. The molecule has 0 aliphatic rings. The van der Waals surface area contributed by atoms with Crippen LogP contribution in [-0.4, -0.2) is 25.0 Å². The SMILES string of the molecule is CCOc1ccccc1N(CC(=O)Nc1ccccc1C(C)C)C(C)=O. The molecule has 1 N–H and O–H groups in total. The van der Waals surface area contributed by atoms with Crippen molar-refractivity contribution in [1.82, 2.24) is 0 Å². The number of carbonyl (C=O) groups is 2. The minimum Gasteiger partial charge on any atom is -0.492 e. The van der Waals surface area contributed by atoms with Gasteiger partial charge in [0.15, 0.2) is 0 Å². The monoisotopic (exact) mass is 354 g/mol. The molecule has 0 heterocycles. The smallest absolute Gasteiger partial charge is 0.244 e. The maximum atomic E-state index is 12.6. The Bertz CT molecular complexity index is 771. The third kappa shape index (κ3) is 4.85. The summed E-state index contributed by atoms with van der Waals surface area (Å²) in [5.41, 5.74) is 2.42. The van der Waals surface area contributed by atoms with Crippen LogP contribution in [0.4, 0.5) is 11.4 Å². The van der Waals surface area contributed by atoms with Crippen LogP contribution in [0.15, 0.2) is 48.5 Å². The first kappa shape index (κ1) is 19.5. The maximum absolute atomic E-state index is 12.6. The van der Waals surface area contributed by atoms with Crippen LogP contribution in [0.5, 0.6) is 5.75 Å². The normalized spacial score (nSPS) is 10.5. The number of nitrogens with zero attached hydrogens (tertiary/aromatic N) is 1. The molecule has 2 rings (SSSR count). The highest BCUT2D eigenvalue weighted by molar-refractivity contribution is 6.02. The van der Waals surface area contributed by atoms with E-state index in [1.807, 2.05) is 43.3 Å². The molecular weight excluding hydrogens is 328 g/mol. The molecule has 0 aromatic heterocycles. The zero-order valence-corrected chi connectivity index (χ0v) is 15.8.